The van der Waals surface area contributed by atoms with Crippen molar-refractivity contribution < 1.29 is 0 Å². The molecule has 0 atom stereocenters. The molecule has 0 aliphatic rings. The van der Waals surface area contributed by atoms with Gasteiger partial charge in [0.05, 0.1) is 6.20 Å². The molecule has 2 heterocycles. The Balaban J connectivity index is 1.69. The van der Waals surface area contributed by atoms with Crippen molar-refractivity contribution in [3.05, 3.63) is 48.5 Å². The highest BCUT2D eigenvalue weighted by molar-refractivity contribution is 5.52. The van der Waals surface area contributed by atoms with E-state index in [1.807, 2.05) is 30.3 Å². The molecular weight excluding hydrogens is 242 g/mol. The number of hydrogen-bond acceptors (Lipinski definition) is 6. The van der Waals surface area contributed by atoms with Gasteiger partial charge in [0.15, 0.2) is 5.82 Å². The average Bonchev–Trinajstić information content (AvgIpc) is 3.00. The Bertz CT molecular complexity index is 619. The minimum Gasteiger partial charge on any atom is -0.251 e. The maximum Gasteiger partial charge on any atom is 0.203 e. The van der Waals surface area contributed by atoms with Gasteiger partial charge in [-0.2, -0.15) is 0 Å². The maximum absolute atomic E-state index is 4.07. The molecule has 1 aromatic carbocycles. The van der Waals surface area contributed by atoms with E-state index in [4.69, 9.17) is 0 Å². The SMILES string of the molecule is [c]1cn(CCc2nnc(-c3ccccc3)nn2)nn1. The fourth-order valence-corrected chi connectivity index (χ4v) is 1.58. The highest BCUT2D eigenvalue weighted by Crippen LogP contribution is 2.11. The number of rotatable bonds is 4. The molecule has 0 spiro atoms. The van der Waals surface area contributed by atoms with Gasteiger partial charge in [-0.15, -0.1) is 25.5 Å². The van der Waals surface area contributed by atoms with Crippen LogP contribution in [0.1, 0.15) is 5.82 Å². The minimum atomic E-state index is 0.526. The molecule has 0 saturated heterocycles. The lowest BCUT2D eigenvalue weighted by Gasteiger charge is -2.00. The van der Waals surface area contributed by atoms with Crippen molar-refractivity contribution in [2.24, 2.45) is 0 Å². The number of hydrogen-bond donors (Lipinski definition) is 0. The van der Waals surface area contributed by atoms with Crippen LogP contribution in [0.5, 0.6) is 0 Å². The molecule has 0 N–H and O–H groups in total. The van der Waals surface area contributed by atoms with E-state index in [1.165, 1.54) is 0 Å². The van der Waals surface area contributed by atoms with Gasteiger partial charge in [-0.1, -0.05) is 35.5 Å². The summed E-state index contributed by atoms with van der Waals surface area (Å²) >= 11 is 0. The molecule has 93 valence electrons. The predicted molar refractivity (Wildman–Crippen MR) is 65.6 cm³/mol. The van der Waals surface area contributed by atoms with Crippen LogP contribution in [0.4, 0.5) is 0 Å². The van der Waals surface area contributed by atoms with Crippen LogP contribution in [0.2, 0.25) is 0 Å². The molecule has 19 heavy (non-hydrogen) atoms. The lowest BCUT2D eigenvalue weighted by Crippen LogP contribution is -2.08. The molecule has 7 heteroatoms. The zero-order chi connectivity index (χ0) is 12.9. The molecule has 7 nitrogen and oxygen atoms in total. The first-order valence-electron chi connectivity index (χ1n) is 5.80. The van der Waals surface area contributed by atoms with Crippen LogP contribution < -0.4 is 0 Å². The topological polar surface area (TPSA) is 82.3 Å². The van der Waals surface area contributed by atoms with E-state index in [9.17, 15) is 0 Å². The monoisotopic (exact) mass is 252 g/mol. The molecule has 0 amide bonds. The Morgan fingerprint density at radius 1 is 1.00 bits per heavy atom. The third-order valence-corrected chi connectivity index (χ3v) is 2.54. The van der Waals surface area contributed by atoms with Crippen LogP contribution in [-0.4, -0.2) is 35.4 Å². The number of nitrogens with zero attached hydrogens (tertiary/aromatic N) is 7. The zero-order valence-corrected chi connectivity index (χ0v) is 10.0. The van der Waals surface area contributed by atoms with Gasteiger partial charge in [-0.25, -0.2) is 0 Å². The van der Waals surface area contributed by atoms with Crippen molar-refractivity contribution in [1.29, 1.82) is 0 Å². The molecular formula is C12H10N7. The fraction of sp³-hybridized carbons (Fsp3) is 0.167. The maximum atomic E-state index is 4.07. The van der Waals surface area contributed by atoms with Crippen molar-refractivity contribution in [1.82, 2.24) is 35.4 Å². The summed E-state index contributed by atoms with van der Waals surface area (Å²) in [6, 6.07) is 9.63. The van der Waals surface area contributed by atoms with Crippen LogP contribution in [0.15, 0.2) is 36.5 Å². The minimum absolute atomic E-state index is 0.526. The first-order chi connectivity index (χ1) is 9.42. The normalized spacial score (nSPS) is 10.5. The summed E-state index contributed by atoms with van der Waals surface area (Å²) in [7, 11) is 0. The number of benzene rings is 1. The fourth-order valence-electron chi connectivity index (χ4n) is 1.58. The van der Waals surface area contributed by atoms with Gasteiger partial charge in [0.25, 0.3) is 0 Å². The Kier molecular flexibility index (Phi) is 3.18. The van der Waals surface area contributed by atoms with E-state index < -0.39 is 0 Å². The van der Waals surface area contributed by atoms with E-state index in [0.29, 0.717) is 24.6 Å². The van der Waals surface area contributed by atoms with Gasteiger partial charge < -0.3 is 0 Å². The first-order valence-corrected chi connectivity index (χ1v) is 5.80. The molecule has 0 bridgehead atoms. The van der Waals surface area contributed by atoms with Crippen LogP contribution >= 0.6 is 0 Å². The molecule has 2 aromatic heterocycles. The Hall–Kier alpha value is -2.70. The van der Waals surface area contributed by atoms with Crippen molar-refractivity contribution in [2.45, 2.75) is 13.0 Å². The molecule has 3 rings (SSSR count). The molecule has 0 aliphatic carbocycles. The van der Waals surface area contributed by atoms with Gasteiger partial charge in [0.1, 0.15) is 6.20 Å². The molecule has 0 fully saturated rings. The lowest BCUT2D eigenvalue weighted by atomic mass is 10.2. The van der Waals surface area contributed by atoms with Gasteiger partial charge in [-0.3, -0.25) is 4.68 Å². The van der Waals surface area contributed by atoms with Crippen LogP contribution in [0, 0.1) is 6.20 Å². The van der Waals surface area contributed by atoms with Crippen molar-refractivity contribution in [3.8, 4) is 11.4 Å². The second-order valence-corrected chi connectivity index (χ2v) is 3.87. The van der Waals surface area contributed by atoms with Crippen LogP contribution in [0.25, 0.3) is 11.4 Å². The summed E-state index contributed by atoms with van der Waals surface area (Å²) in [5, 5.41) is 23.7. The van der Waals surface area contributed by atoms with Gasteiger partial charge >= 0.3 is 0 Å². The summed E-state index contributed by atoms with van der Waals surface area (Å²) in [4.78, 5) is 0. The highest BCUT2D eigenvalue weighted by Gasteiger charge is 2.04. The number of aromatic nitrogens is 7. The quantitative estimate of drug-likeness (QED) is 0.675. The molecule has 0 unspecified atom stereocenters. The smallest absolute Gasteiger partial charge is 0.203 e. The van der Waals surface area contributed by atoms with E-state index in [0.717, 1.165) is 5.56 Å². The Morgan fingerprint density at radius 3 is 2.47 bits per heavy atom. The third kappa shape index (κ3) is 2.76. The lowest BCUT2D eigenvalue weighted by molar-refractivity contribution is 0.567. The van der Waals surface area contributed by atoms with Crippen molar-refractivity contribution in [2.75, 3.05) is 0 Å². The highest BCUT2D eigenvalue weighted by atomic mass is 15.4. The second kappa shape index (κ2) is 5.30. The number of aryl methyl sites for hydroxylation is 2. The van der Waals surface area contributed by atoms with E-state index in [2.05, 4.69) is 36.9 Å². The summed E-state index contributed by atoms with van der Waals surface area (Å²) in [5.74, 6) is 1.11. The molecule has 0 saturated carbocycles. The van der Waals surface area contributed by atoms with Crippen LogP contribution in [0.3, 0.4) is 0 Å². The van der Waals surface area contributed by atoms with Crippen molar-refractivity contribution in [3.63, 3.8) is 0 Å². The molecule has 1 radical (unpaired) electrons. The predicted octanol–water partition coefficient (Wildman–Crippen LogP) is 0.568. The van der Waals surface area contributed by atoms with E-state index in [-0.39, 0.29) is 0 Å². The van der Waals surface area contributed by atoms with Crippen LogP contribution in [-0.2, 0) is 13.0 Å². The molecule has 0 aliphatic heterocycles. The van der Waals surface area contributed by atoms with Gasteiger partial charge in [0, 0.05) is 18.5 Å². The van der Waals surface area contributed by atoms with E-state index in [1.54, 1.807) is 10.9 Å². The summed E-state index contributed by atoms with van der Waals surface area (Å²) < 4.78 is 1.66. The zero-order valence-electron chi connectivity index (χ0n) is 10.0. The standard InChI is InChI=1S/C12H10N7/c1-2-4-10(5-3-1)12-16-14-11(15-17-12)6-8-19-9-7-13-18-19/h1-5,9H,6,8H2. The third-order valence-electron chi connectivity index (χ3n) is 2.54. The van der Waals surface area contributed by atoms with E-state index >= 15 is 0 Å². The van der Waals surface area contributed by atoms with Gasteiger partial charge in [-0.05, 0) is 0 Å². The largest absolute Gasteiger partial charge is 0.251 e. The Labute approximate surface area is 109 Å². The van der Waals surface area contributed by atoms with Crippen molar-refractivity contribution >= 4 is 0 Å². The summed E-state index contributed by atoms with van der Waals surface area (Å²) in [5.41, 5.74) is 0.903. The summed E-state index contributed by atoms with van der Waals surface area (Å²) in [6.45, 7) is 0.630. The van der Waals surface area contributed by atoms with Gasteiger partial charge in [0.2, 0.25) is 5.82 Å². The average molecular weight is 252 g/mol. The Morgan fingerprint density at radius 2 is 1.79 bits per heavy atom. The first kappa shape index (κ1) is 11.4. The molecule has 3 aromatic rings. The summed E-state index contributed by atoms with van der Waals surface area (Å²) in [6.07, 6.45) is 4.90. The second-order valence-electron chi connectivity index (χ2n) is 3.87.